The fraction of sp³-hybridized carbons (Fsp3) is 0.147. The smallest absolute Gasteiger partial charge is 0.186 e. The number of halogens is 2. The van der Waals surface area contributed by atoms with Crippen LogP contribution in [0.4, 0.5) is 5.69 Å². The molecule has 7 rings (SSSR count). The van der Waals surface area contributed by atoms with Gasteiger partial charge in [0.05, 0.1) is 13.2 Å². The van der Waals surface area contributed by atoms with Gasteiger partial charge in [0.25, 0.3) is 0 Å². The molecule has 0 amide bonds. The molecule has 3 aliphatic rings. The van der Waals surface area contributed by atoms with Gasteiger partial charge in [-0.15, -0.1) is 0 Å². The van der Waals surface area contributed by atoms with E-state index in [1.165, 1.54) is 0 Å². The number of anilines is 1. The molecule has 202 valence electrons. The van der Waals surface area contributed by atoms with E-state index in [0.29, 0.717) is 38.0 Å². The third kappa shape index (κ3) is 3.59. The van der Waals surface area contributed by atoms with Gasteiger partial charge in [0.1, 0.15) is 17.2 Å². The number of hydrogen-bond acceptors (Lipinski definition) is 5. The zero-order valence-electron chi connectivity index (χ0n) is 21.9. The summed E-state index contributed by atoms with van der Waals surface area (Å²) in [6.07, 6.45) is 3.76. The topological polar surface area (TPSA) is 63.7 Å². The van der Waals surface area contributed by atoms with Gasteiger partial charge in [-0.2, -0.15) is 0 Å². The predicted molar refractivity (Wildman–Crippen MR) is 160 cm³/mol. The molecule has 2 aliphatic heterocycles. The number of carbonyl (C=O) groups is 3. The summed E-state index contributed by atoms with van der Waals surface area (Å²) in [4.78, 5) is 46.0. The first-order valence-electron chi connectivity index (χ1n) is 13.2. The molecular weight excluding hydrogens is 557 g/mol. The van der Waals surface area contributed by atoms with Gasteiger partial charge in [-0.05, 0) is 53.6 Å². The minimum atomic E-state index is -1.60. The zero-order chi connectivity index (χ0) is 28.5. The molecule has 0 aromatic heterocycles. The number of ketones is 3. The second-order valence-corrected chi connectivity index (χ2v) is 11.4. The number of carbonyl (C=O) groups excluding carboxylic acids is 3. The number of Topliss-reactive ketones (excluding diaryl/α,β-unsaturated/α-hetero) is 3. The second kappa shape index (κ2) is 9.44. The molecule has 2 heterocycles. The molecule has 41 heavy (non-hydrogen) atoms. The van der Waals surface area contributed by atoms with E-state index in [9.17, 15) is 14.4 Å². The molecule has 0 bridgehead atoms. The zero-order valence-corrected chi connectivity index (χ0v) is 23.4. The summed E-state index contributed by atoms with van der Waals surface area (Å²) in [5.41, 5.74) is 1.73. The predicted octanol–water partition coefficient (Wildman–Crippen LogP) is 7.32. The van der Waals surface area contributed by atoms with Crippen LogP contribution in [0.25, 0.3) is 6.08 Å². The Balaban J connectivity index is 1.55. The maximum Gasteiger partial charge on any atom is 0.186 e. The molecule has 0 saturated carbocycles. The maximum atomic E-state index is 14.7. The summed E-state index contributed by atoms with van der Waals surface area (Å²) in [5, 5.41) is 0.997. The van der Waals surface area contributed by atoms with Crippen LogP contribution in [-0.2, 0) is 0 Å². The molecule has 0 N–H and O–H groups in total. The van der Waals surface area contributed by atoms with Crippen molar-refractivity contribution >= 4 is 52.3 Å². The highest BCUT2D eigenvalue weighted by Crippen LogP contribution is 2.61. The standard InChI is InChI=1S/C34H23Cl2NO4/c1-41-24-9-5-7-21(18-24)31(38)30-29(20-6-4-8-22(35)17-20)34(32(39)25-10-2-3-11-26(25)33(34)40)28-15-12-19-16-23(36)13-14-27(19)37(28)30/h2-18,28-30H,1H3/t28-,29+,30+/m1/s1. The Morgan fingerprint density at radius 3 is 2.24 bits per heavy atom. The fourth-order valence-electron chi connectivity index (χ4n) is 6.97. The van der Waals surface area contributed by atoms with Crippen molar-refractivity contribution in [3.8, 4) is 5.75 Å². The molecule has 4 aromatic carbocycles. The number of ether oxygens (including phenoxy) is 1. The average Bonchev–Trinajstić information content (AvgIpc) is 3.42. The lowest BCUT2D eigenvalue weighted by Crippen LogP contribution is -2.48. The summed E-state index contributed by atoms with van der Waals surface area (Å²) < 4.78 is 5.42. The Bertz CT molecular complexity index is 1780. The van der Waals surface area contributed by atoms with E-state index in [-0.39, 0.29) is 17.3 Å². The highest BCUT2D eigenvalue weighted by Gasteiger charge is 2.71. The highest BCUT2D eigenvalue weighted by atomic mass is 35.5. The summed E-state index contributed by atoms with van der Waals surface area (Å²) in [6, 6.07) is 24.8. The lowest BCUT2D eigenvalue weighted by molar-refractivity contribution is 0.0666. The molecule has 0 unspecified atom stereocenters. The molecule has 7 heteroatoms. The van der Waals surface area contributed by atoms with E-state index in [1.807, 2.05) is 35.3 Å². The normalized spacial score (nSPS) is 21.5. The summed E-state index contributed by atoms with van der Waals surface area (Å²) in [5.74, 6) is -1.13. The first-order chi connectivity index (χ1) is 19.9. The molecule has 1 fully saturated rings. The lowest BCUT2D eigenvalue weighted by Gasteiger charge is -2.37. The van der Waals surface area contributed by atoms with Crippen molar-refractivity contribution in [2.24, 2.45) is 5.41 Å². The Labute approximate surface area is 247 Å². The van der Waals surface area contributed by atoms with Crippen molar-refractivity contribution < 1.29 is 19.1 Å². The molecule has 1 saturated heterocycles. The molecule has 4 aromatic rings. The second-order valence-electron chi connectivity index (χ2n) is 10.6. The van der Waals surface area contributed by atoms with Crippen LogP contribution in [0.3, 0.4) is 0 Å². The van der Waals surface area contributed by atoms with Crippen LogP contribution in [-0.4, -0.2) is 36.5 Å². The van der Waals surface area contributed by atoms with Crippen molar-refractivity contribution in [1.29, 1.82) is 0 Å². The van der Waals surface area contributed by atoms with Gasteiger partial charge >= 0.3 is 0 Å². The Kier molecular flexibility index (Phi) is 5.93. The van der Waals surface area contributed by atoms with Crippen LogP contribution >= 0.6 is 23.2 Å². The van der Waals surface area contributed by atoms with Crippen LogP contribution in [0.5, 0.6) is 5.75 Å². The number of fused-ring (bicyclic) bond motifs is 5. The van der Waals surface area contributed by atoms with Crippen LogP contribution in [0.2, 0.25) is 10.0 Å². The first-order valence-corrected chi connectivity index (χ1v) is 14.0. The Hall–Kier alpha value is -4.19. The molecule has 5 nitrogen and oxygen atoms in total. The van der Waals surface area contributed by atoms with Gasteiger partial charge in [0.2, 0.25) is 0 Å². The van der Waals surface area contributed by atoms with Crippen molar-refractivity contribution in [1.82, 2.24) is 0 Å². The van der Waals surface area contributed by atoms with Crippen LogP contribution in [0.15, 0.2) is 97.1 Å². The number of rotatable bonds is 4. The Morgan fingerprint density at radius 2 is 1.54 bits per heavy atom. The summed E-state index contributed by atoms with van der Waals surface area (Å²) in [7, 11) is 1.54. The summed E-state index contributed by atoms with van der Waals surface area (Å²) in [6.45, 7) is 0. The van der Waals surface area contributed by atoms with Crippen molar-refractivity contribution in [2.75, 3.05) is 12.0 Å². The van der Waals surface area contributed by atoms with E-state index < -0.39 is 23.4 Å². The quantitative estimate of drug-likeness (QED) is 0.187. The van der Waals surface area contributed by atoms with E-state index in [0.717, 1.165) is 11.3 Å². The molecule has 1 aliphatic carbocycles. The number of methoxy groups -OCH3 is 1. The SMILES string of the molecule is COc1cccc(C(=O)[C@@H]2[C@H](c3cccc(Cl)c3)C3(C(=O)c4ccccc4C3=O)[C@H]3C=Cc4cc(Cl)ccc4N23)c1. The van der Waals surface area contributed by atoms with Gasteiger partial charge in [-0.3, -0.25) is 14.4 Å². The van der Waals surface area contributed by atoms with E-state index in [2.05, 4.69) is 0 Å². The third-order valence-corrected chi connectivity index (χ3v) is 9.07. The van der Waals surface area contributed by atoms with Gasteiger partial charge in [-0.1, -0.05) is 83.9 Å². The third-order valence-electron chi connectivity index (χ3n) is 8.60. The van der Waals surface area contributed by atoms with Crippen molar-refractivity contribution in [2.45, 2.75) is 18.0 Å². The minimum Gasteiger partial charge on any atom is -0.497 e. The van der Waals surface area contributed by atoms with Crippen LogP contribution in [0.1, 0.15) is 48.1 Å². The largest absolute Gasteiger partial charge is 0.497 e. The maximum absolute atomic E-state index is 14.7. The number of nitrogens with zero attached hydrogens (tertiary/aromatic N) is 1. The van der Waals surface area contributed by atoms with E-state index in [1.54, 1.807) is 79.9 Å². The van der Waals surface area contributed by atoms with E-state index >= 15 is 0 Å². The molecule has 0 radical (unpaired) electrons. The number of benzene rings is 4. The summed E-state index contributed by atoms with van der Waals surface area (Å²) >= 11 is 12.9. The number of hydrogen-bond donors (Lipinski definition) is 0. The van der Waals surface area contributed by atoms with Crippen molar-refractivity contribution in [3.63, 3.8) is 0 Å². The first kappa shape index (κ1) is 25.8. The highest BCUT2D eigenvalue weighted by molar-refractivity contribution is 6.33. The minimum absolute atomic E-state index is 0.233. The Morgan fingerprint density at radius 1 is 0.829 bits per heavy atom. The molecule has 1 spiro atoms. The van der Waals surface area contributed by atoms with Crippen LogP contribution < -0.4 is 9.64 Å². The van der Waals surface area contributed by atoms with E-state index in [4.69, 9.17) is 27.9 Å². The van der Waals surface area contributed by atoms with Gasteiger partial charge in [0.15, 0.2) is 17.3 Å². The fourth-order valence-corrected chi connectivity index (χ4v) is 7.35. The average molecular weight is 580 g/mol. The molecule has 3 atom stereocenters. The van der Waals surface area contributed by atoms with Gasteiger partial charge < -0.3 is 9.64 Å². The lowest BCUT2D eigenvalue weighted by atomic mass is 9.64. The van der Waals surface area contributed by atoms with Gasteiger partial charge in [-0.25, -0.2) is 0 Å². The van der Waals surface area contributed by atoms with Crippen molar-refractivity contribution in [3.05, 3.63) is 135 Å². The monoisotopic (exact) mass is 579 g/mol. The van der Waals surface area contributed by atoms with Crippen LogP contribution in [0, 0.1) is 5.41 Å². The van der Waals surface area contributed by atoms with Gasteiger partial charge in [0, 0.05) is 38.3 Å². The molecular formula is C34H23Cl2NO4.